The van der Waals surface area contributed by atoms with Gasteiger partial charge in [0.05, 0.1) is 12.7 Å². The lowest BCUT2D eigenvalue weighted by atomic mass is 9.44. The maximum absolute atomic E-state index is 13.7. The van der Waals surface area contributed by atoms with Gasteiger partial charge in [-0.15, -0.1) is 6.58 Å². The molecule has 2 N–H and O–H groups in total. The number of nitrogens with zero attached hydrogens (tertiary/aromatic N) is 1. The van der Waals surface area contributed by atoms with Crippen LogP contribution >= 0.6 is 0 Å². The number of hydrogen-bond acceptors (Lipinski definition) is 9. The van der Waals surface area contributed by atoms with E-state index < -0.39 is 41.7 Å². The summed E-state index contributed by atoms with van der Waals surface area (Å²) in [5.74, 6) is -0.102. The molecule has 2 heterocycles. The zero-order chi connectivity index (χ0) is 36.4. The second-order valence-corrected chi connectivity index (χ2v) is 17.3. The first-order valence-electron chi connectivity index (χ1n) is 18.5. The number of aliphatic hydroxyl groups is 1. The third-order valence-electron chi connectivity index (χ3n) is 13.5. The molecule has 0 radical (unpaired) electrons. The van der Waals surface area contributed by atoms with E-state index in [1.807, 2.05) is 33.8 Å². The molecule has 0 aromatic heterocycles. The van der Waals surface area contributed by atoms with E-state index in [-0.39, 0.29) is 54.2 Å². The molecule has 5 aliphatic rings. The molecule has 11 heteroatoms. The molecule has 2 bridgehead atoms. The minimum absolute atomic E-state index is 0.101. The number of Topliss-reactive ketones (excluding diaryl/α,β-unsaturated/α-hetero) is 1. The molecule has 274 valence electrons. The number of esters is 1. The van der Waals surface area contributed by atoms with Crippen LogP contribution in [-0.2, 0) is 30.3 Å². The molecule has 1 saturated heterocycles. The number of amides is 1. The Bertz CT molecular complexity index is 1520. The van der Waals surface area contributed by atoms with Crippen LogP contribution in [0.3, 0.4) is 0 Å². The van der Waals surface area contributed by atoms with Gasteiger partial charge >= 0.3 is 19.2 Å². The van der Waals surface area contributed by atoms with E-state index in [9.17, 15) is 24.5 Å². The molecule has 2 aliphatic heterocycles. The van der Waals surface area contributed by atoms with Crippen LogP contribution in [0.2, 0.25) is 0 Å². The molecule has 10 nitrogen and oxygen atoms in total. The summed E-state index contributed by atoms with van der Waals surface area (Å²) in [6, 6.07) is 3.64. The Labute approximate surface area is 297 Å². The SMILES string of the molecule is C=C[C@]1(C)C[C@@H](OC(=O)COc2cc3c(c(C4CCN(C(=O)OC(C)(C)C)CC4)c2)COB3O)[C@]2(C)[C@H](C)CC[C@]3(CCC(=O)[C@H]32)[C@@H](C)[C@@H]1O. The quantitative estimate of drug-likeness (QED) is 0.231. The number of ether oxygens (including phenoxy) is 3. The van der Waals surface area contributed by atoms with E-state index in [0.29, 0.717) is 50.0 Å². The second kappa shape index (κ2) is 13.3. The summed E-state index contributed by atoms with van der Waals surface area (Å²) in [7, 11) is -1.10. The third kappa shape index (κ3) is 6.29. The number of piperidine rings is 1. The zero-order valence-electron chi connectivity index (χ0n) is 31.0. The molecule has 6 rings (SSSR count). The third-order valence-corrected chi connectivity index (χ3v) is 13.5. The van der Waals surface area contributed by atoms with Crippen molar-refractivity contribution >= 4 is 30.4 Å². The predicted octanol–water partition coefficient (Wildman–Crippen LogP) is 5.30. The molecular formula is C39H56BNO9. The van der Waals surface area contributed by atoms with E-state index in [4.69, 9.17) is 18.9 Å². The maximum Gasteiger partial charge on any atom is 0.491 e. The molecule has 4 fully saturated rings. The van der Waals surface area contributed by atoms with Crippen molar-refractivity contribution in [2.24, 2.45) is 34.0 Å². The van der Waals surface area contributed by atoms with Crippen LogP contribution in [-0.4, -0.2) is 77.5 Å². The summed E-state index contributed by atoms with van der Waals surface area (Å²) in [5, 5.41) is 22.5. The smallest absolute Gasteiger partial charge is 0.482 e. The molecule has 3 aliphatic carbocycles. The summed E-state index contributed by atoms with van der Waals surface area (Å²) >= 11 is 0. The number of rotatable bonds is 6. The molecular weight excluding hydrogens is 637 g/mol. The fraction of sp³-hybridized carbons (Fsp3) is 0.718. The van der Waals surface area contributed by atoms with Crippen LogP contribution in [0.4, 0.5) is 4.79 Å². The molecule has 50 heavy (non-hydrogen) atoms. The number of carbonyl (C=O) groups is 3. The average Bonchev–Trinajstić information content (AvgIpc) is 3.63. The number of fused-ring (bicyclic) bond motifs is 1. The van der Waals surface area contributed by atoms with Gasteiger partial charge in [0.1, 0.15) is 23.2 Å². The fourth-order valence-corrected chi connectivity index (χ4v) is 10.3. The number of carbonyl (C=O) groups excluding carboxylic acids is 3. The van der Waals surface area contributed by atoms with Crippen molar-refractivity contribution in [2.75, 3.05) is 19.7 Å². The Morgan fingerprint density at radius 2 is 1.84 bits per heavy atom. The standard InChI is InChI=1S/C39H56BNO9/c1-9-37(7)20-31(38(8)23(2)10-14-39(24(3)34(37)44)15-11-30(42)33(38)39)49-32(43)22-47-26-18-27(28-21-48-40(46)29(28)19-26)25-12-16-41(17-13-25)35(45)50-36(4,5)6/h9,18-19,23-25,31,33-34,44,46H,1,10-17,20-22H2,2-8H3/t23-,24+,31-,33+,34+,37-,38+,39+/m1/s1. The molecule has 0 unspecified atom stereocenters. The van der Waals surface area contributed by atoms with E-state index in [0.717, 1.165) is 30.4 Å². The van der Waals surface area contributed by atoms with Gasteiger partial charge in [-0.05, 0) is 111 Å². The first-order valence-corrected chi connectivity index (χ1v) is 18.5. The van der Waals surface area contributed by atoms with Crippen molar-refractivity contribution in [3.63, 3.8) is 0 Å². The van der Waals surface area contributed by atoms with Crippen LogP contribution in [0.25, 0.3) is 0 Å². The van der Waals surface area contributed by atoms with Crippen LogP contribution < -0.4 is 10.2 Å². The van der Waals surface area contributed by atoms with E-state index >= 15 is 0 Å². The molecule has 8 atom stereocenters. The van der Waals surface area contributed by atoms with Crippen LogP contribution in [0, 0.1) is 34.0 Å². The summed E-state index contributed by atoms with van der Waals surface area (Å²) < 4.78 is 23.6. The highest BCUT2D eigenvalue weighted by atomic mass is 16.6. The van der Waals surface area contributed by atoms with Crippen LogP contribution in [0.5, 0.6) is 5.75 Å². The highest BCUT2D eigenvalue weighted by Crippen LogP contribution is 2.68. The summed E-state index contributed by atoms with van der Waals surface area (Å²) in [5.41, 5.74) is 0.254. The number of hydrogen-bond donors (Lipinski definition) is 2. The molecule has 1 aromatic carbocycles. The number of likely N-dealkylation sites (tertiary alicyclic amines) is 1. The predicted molar refractivity (Wildman–Crippen MR) is 189 cm³/mol. The van der Waals surface area contributed by atoms with Gasteiger partial charge in [0.25, 0.3) is 0 Å². The minimum Gasteiger partial charge on any atom is -0.482 e. The van der Waals surface area contributed by atoms with Gasteiger partial charge in [0.2, 0.25) is 0 Å². The lowest BCUT2D eigenvalue weighted by Crippen LogP contribution is -2.63. The first-order chi connectivity index (χ1) is 23.4. The zero-order valence-corrected chi connectivity index (χ0v) is 31.0. The topological polar surface area (TPSA) is 132 Å². The van der Waals surface area contributed by atoms with Gasteiger partial charge in [0, 0.05) is 36.3 Å². The number of aliphatic hydroxyl groups excluding tert-OH is 1. The maximum atomic E-state index is 13.7. The van der Waals surface area contributed by atoms with E-state index in [2.05, 4.69) is 27.4 Å². The largest absolute Gasteiger partial charge is 0.491 e. The highest BCUT2D eigenvalue weighted by molar-refractivity contribution is 6.61. The van der Waals surface area contributed by atoms with Gasteiger partial charge in [0.15, 0.2) is 6.61 Å². The van der Waals surface area contributed by atoms with Crippen molar-refractivity contribution < 1.29 is 43.4 Å². The number of ketones is 1. The van der Waals surface area contributed by atoms with Crippen molar-refractivity contribution in [3.05, 3.63) is 35.9 Å². The van der Waals surface area contributed by atoms with Crippen LogP contribution in [0.1, 0.15) is 110 Å². The van der Waals surface area contributed by atoms with Gasteiger partial charge in [-0.2, -0.15) is 0 Å². The Morgan fingerprint density at radius 1 is 1.14 bits per heavy atom. The summed E-state index contributed by atoms with van der Waals surface area (Å²) in [6.07, 6.45) is 4.85. The van der Waals surface area contributed by atoms with Gasteiger partial charge in [-0.3, -0.25) is 4.79 Å². The van der Waals surface area contributed by atoms with Crippen LogP contribution in [0.15, 0.2) is 24.8 Å². The van der Waals surface area contributed by atoms with E-state index in [1.54, 1.807) is 17.0 Å². The first kappa shape index (κ1) is 36.9. The molecule has 1 amide bonds. The van der Waals surface area contributed by atoms with Gasteiger partial charge in [-0.1, -0.05) is 33.8 Å². The lowest BCUT2D eigenvalue weighted by Gasteiger charge is -2.61. The lowest BCUT2D eigenvalue weighted by molar-refractivity contribution is -0.207. The van der Waals surface area contributed by atoms with Gasteiger partial charge < -0.3 is 33.9 Å². The summed E-state index contributed by atoms with van der Waals surface area (Å²) in [6.45, 7) is 19.0. The molecule has 1 aromatic rings. The van der Waals surface area contributed by atoms with Crippen molar-refractivity contribution in [1.82, 2.24) is 4.90 Å². The second-order valence-electron chi connectivity index (χ2n) is 17.3. The molecule has 3 saturated carbocycles. The summed E-state index contributed by atoms with van der Waals surface area (Å²) in [4.78, 5) is 41.9. The van der Waals surface area contributed by atoms with Crippen molar-refractivity contribution in [2.45, 2.75) is 124 Å². The molecule has 0 spiro atoms. The van der Waals surface area contributed by atoms with Crippen molar-refractivity contribution in [3.8, 4) is 5.75 Å². The monoisotopic (exact) mass is 693 g/mol. The fourth-order valence-electron chi connectivity index (χ4n) is 10.3. The van der Waals surface area contributed by atoms with Gasteiger partial charge in [-0.25, -0.2) is 9.59 Å². The Kier molecular flexibility index (Phi) is 9.79. The normalized spacial score (nSPS) is 35.9. The number of benzene rings is 1. The Morgan fingerprint density at radius 3 is 2.50 bits per heavy atom. The highest BCUT2D eigenvalue weighted by Gasteiger charge is 2.68. The van der Waals surface area contributed by atoms with Crippen molar-refractivity contribution in [1.29, 1.82) is 0 Å². The van der Waals surface area contributed by atoms with E-state index in [1.165, 1.54) is 0 Å². The average molecular weight is 694 g/mol. The Balaban J connectivity index is 1.21. The Hall–Kier alpha value is -2.89. The minimum atomic E-state index is -1.10.